The third-order valence-corrected chi connectivity index (χ3v) is 4.42. The molecule has 2 atom stereocenters. The van der Waals surface area contributed by atoms with E-state index >= 15 is 0 Å². The molecule has 2 rings (SSSR count). The Balaban J connectivity index is 1.83. The fourth-order valence-corrected chi connectivity index (χ4v) is 3.17. The second kappa shape index (κ2) is 6.02. The van der Waals surface area contributed by atoms with Crippen LogP contribution in [0.25, 0.3) is 0 Å². The van der Waals surface area contributed by atoms with Crippen LogP contribution in [-0.4, -0.2) is 54.0 Å². The second-order valence-corrected chi connectivity index (χ2v) is 6.08. The summed E-state index contributed by atoms with van der Waals surface area (Å²) in [4.78, 5) is 16.9. The Labute approximate surface area is 110 Å². The fraction of sp³-hybridized carbons (Fsp3) is 0.929. The molecule has 2 N–H and O–H groups in total. The summed E-state index contributed by atoms with van der Waals surface area (Å²) in [7, 11) is 0. The molecule has 1 heterocycles. The van der Waals surface area contributed by atoms with Crippen molar-refractivity contribution in [2.75, 3.05) is 26.2 Å². The predicted octanol–water partition coefficient (Wildman–Crippen LogP) is 1.06. The number of rotatable bonds is 2. The Hall–Kier alpha value is -0.610. The predicted molar refractivity (Wildman–Crippen MR) is 73.2 cm³/mol. The number of carbonyl (C=O) groups is 1. The van der Waals surface area contributed by atoms with Gasteiger partial charge in [0.1, 0.15) is 0 Å². The van der Waals surface area contributed by atoms with Crippen LogP contribution >= 0.6 is 0 Å². The molecule has 0 spiro atoms. The highest BCUT2D eigenvalue weighted by Crippen LogP contribution is 2.25. The number of piperazine rings is 1. The van der Waals surface area contributed by atoms with Gasteiger partial charge in [0.05, 0.1) is 0 Å². The summed E-state index contributed by atoms with van der Waals surface area (Å²) >= 11 is 0. The average molecular weight is 253 g/mol. The minimum absolute atomic E-state index is 0.194. The van der Waals surface area contributed by atoms with Crippen molar-refractivity contribution in [1.82, 2.24) is 9.80 Å². The van der Waals surface area contributed by atoms with Gasteiger partial charge in [0.2, 0.25) is 5.91 Å². The van der Waals surface area contributed by atoms with E-state index in [0.717, 1.165) is 51.9 Å². The monoisotopic (exact) mass is 253 g/mol. The van der Waals surface area contributed by atoms with Crippen molar-refractivity contribution in [3.05, 3.63) is 0 Å². The van der Waals surface area contributed by atoms with Crippen LogP contribution in [0.15, 0.2) is 0 Å². The summed E-state index contributed by atoms with van der Waals surface area (Å²) in [5, 5.41) is 0. The number of hydrogen-bond donors (Lipinski definition) is 1. The topological polar surface area (TPSA) is 49.6 Å². The molecule has 0 radical (unpaired) electrons. The zero-order chi connectivity index (χ0) is 13.1. The van der Waals surface area contributed by atoms with E-state index in [9.17, 15) is 4.79 Å². The van der Waals surface area contributed by atoms with E-state index in [2.05, 4.69) is 23.6 Å². The van der Waals surface area contributed by atoms with Crippen LogP contribution in [-0.2, 0) is 4.79 Å². The molecule has 0 aromatic heterocycles. The first-order valence-electron chi connectivity index (χ1n) is 7.36. The first-order chi connectivity index (χ1) is 8.58. The second-order valence-electron chi connectivity index (χ2n) is 6.08. The van der Waals surface area contributed by atoms with Crippen molar-refractivity contribution < 1.29 is 4.79 Å². The number of hydrogen-bond acceptors (Lipinski definition) is 3. The third kappa shape index (κ3) is 3.23. The summed E-state index contributed by atoms with van der Waals surface area (Å²) in [6, 6.07) is 0.829. The highest BCUT2D eigenvalue weighted by Gasteiger charge is 2.30. The van der Waals surface area contributed by atoms with Crippen molar-refractivity contribution in [1.29, 1.82) is 0 Å². The van der Waals surface area contributed by atoms with Crippen molar-refractivity contribution in [2.45, 2.75) is 51.6 Å². The summed E-state index contributed by atoms with van der Waals surface area (Å²) in [6.45, 7) is 8.26. The molecule has 4 heteroatoms. The Morgan fingerprint density at radius 3 is 2.39 bits per heavy atom. The van der Waals surface area contributed by atoms with Crippen LogP contribution in [0.4, 0.5) is 0 Å². The van der Waals surface area contributed by atoms with Gasteiger partial charge >= 0.3 is 0 Å². The largest absolute Gasteiger partial charge is 0.340 e. The van der Waals surface area contributed by atoms with Crippen molar-refractivity contribution >= 4 is 5.91 Å². The van der Waals surface area contributed by atoms with Crippen LogP contribution in [0.3, 0.4) is 0 Å². The maximum atomic E-state index is 12.4. The van der Waals surface area contributed by atoms with Gasteiger partial charge in [0.25, 0.3) is 0 Å². The van der Waals surface area contributed by atoms with Crippen molar-refractivity contribution in [3.8, 4) is 0 Å². The van der Waals surface area contributed by atoms with Crippen LogP contribution < -0.4 is 5.73 Å². The van der Waals surface area contributed by atoms with Gasteiger partial charge in [-0.3, -0.25) is 9.69 Å². The Morgan fingerprint density at radius 2 is 1.83 bits per heavy atom. The Morgan fingerprint density at radius 1 is 1.17 bits per heavy atom. The first-order valence-corrected chi connectivity index (χ1v) is 7.36. The average Bonchev–Trinajstić information content (AvgIpc) is 2.38. The lowest BCUT2D eigenvalue weighted by atomic mass is 9.85. The maximum Gasteiger partial charge on any atom is 0.225 e. The summed E-state index contributed by atoms with van der Waals surface area (Å²) in [5.41, 5.74) is 5.98. The molecule has 2 aliphatic rings. The zero-order valence-electron chi connectivity index (χ0n) is 11.8. The normalized spacial score (nSPS) is 30.8. The number of carbonyl (C=O) groups excluding carboxylic acids is 1. The highest BCUT2D eigenvalue weighted by atomic mass is 16.2. The molecule has 1 aliphatic heterocycles. The molecule has 0 bridgehead atoms. The lowest BCUT2D eigenvalue weighted by molar-refractivity contribution is -0.138. The van der Waals surface area contributed by atoms with Crippen molar-refractivity contribution in [3.63, 3.8) is 0 Å². The smallest absolute Gasteiger partial charge is 0.225 e. The zero-order valence-corrected chi connectivity index (χ0v) is 11.8. The summed E-state index contributed by atoms with van der Waals surface area (Å²) in [5.74, 6) is 0.549. The fourth-order valence-electron chi connectivity index (χ4n) is 3.17. The van der Waals surface area contributed by atoms with Gasteiger partial charge in [-0.05, 0) is 33.1 Å². The van der Waals surface area contributed by atoms with Crippen LogP contribution in [0.5, 0.6) is 0 Å². The van der Waals surface area contributed by atoms with Gasteiger partial charge in [-0.15, -0.1) is 0 Å². The van der Waals surface area contributed by atoms with Crippen LogP contribution in [0.1, 0.15) is 39.5 Å². The van der Waals surface area contributed by atoms with Crippen molar-refractivity contribution in [2.24, 2.45) is 11.7 Å². The van der Waals surface area contributed by atoms with Gasteiger partial charge in [-0.25, -0.2) is 0 Å². The lowest BCUT2D eigenvalue weighted by Crippen LogP contribution is -2.52. The SMILES string of the molecule is CC(C)N1CCN(C(=O)C2CCCC(N)C2)CC1. The molecular weight excluding hydrogens is 226 g/mol. The van der Waals surface area contributed by atoms with E-state index in [0.29, 0.717) is 11.9 Å². The van der Waals surface area contributed by atoms with E-state index in [1.54, 1.807) is 0 Å². The molecule has 1 aliphatic carbocycles. The van der Waals surface area contributed by atoms with Gasteiger partial charge < -0.3 is 10.6 Å². The Bertz CT molecular complexity index is 285. The van der Waals surface area contributed by atoms with E-state index < -0.39 is 0 Å². The first kappa shape index (κ1) is 13.8. The van der Waals surface area contributed by atoms with E-state index in [1.165, 1.54) is 0 Å². The van der Waals surface area contributed by atoms with Gasteiger partial charge in [-0.2, -0.15) is 0 Å². The molecule has 4 nitrogen and oxygen atoms in total. The molecule has 1 saturated heterocycles. The minimum Gasteiger partial charge on any atom is -0.340 e. The van der Waals surface area contributed by atoms with Crippen LogP contribution in [0.2, 0.25) is 0 Å². The van der Waals surface area contributed by atoms with E-state index in [4.69, 9.17) is 5.73 Å². The molecule has 2 unspecified atom stereocenters. The molecule has 1 saturated carbocycles. The molecule has 2 fully saturated rings. The summed E-state index contributed by atoms with van der Waals surface area (Å²) in [6.07, 6.45) is 4.13. The number of nitrogens with two attached hydrogens (primary N) is 1. The molecule has 18 heavy (non-hydrogen) atoms. The minimum atomic E-state index is 0.194. The molecule has 1 amide bonds. The highest BCUT2D eigenvalue weighted by molar-refractivity contribution is 5.79. The standard InChI is InChI=1S/C14H27N3O/c1-11(2)16-6-8-17(9-7-16)14(18)12-4-3-5-13(15)10-12/h11-13H,3-10,15H2,1-2H3. The van der Waals surface area contributed by atoms with E-state index in [1.807, 2.05) is 0 Å². The maximum absolute atomic E-state index is 12.4. The van der Waals surface area contributed by atoms with E-state index in [-0.39, 0.29) is 12.0 Å². The van der Waals surface area contributed by atoms with Gasteiger partial charge in [-0.1, -0.05) is 6.42 Å². The molecule has 104 valence electrons. The number of amides is 1. The Kier molecular flexibility index (Phi) is 4.62. The molecule has 0 aromatic rings. The third-order valence-electron chi connectivity index (χ3n) is 4.42. The van der Waals surface area contributed by atoms with Gasteiger partial charge in [0, 0.05) is 44.2 Å². The van der Waals surface area contributed by atoms with Gasteiger partial charge in [0.15, 0.2) is 0 Å². The van der Waals surface area contributed by atoms with Crippen LogP contribution in [0, 0.1) is 5.92 Å². The number of nitrogens with zero attached hydrogens (tertiary/aromatic N) is 2. The quantitative estimate of drug-likeness (QED) is 0.800. The molecular formula is C14H27N3O. The summed E-state index contributed by atoms with van der Waals surface area (Å²) < 4.78 is 0. The molecule has 0 aromatic carbocycles. The lowest BCUT2D eigenvalue weighted by Gasteiger charge is -2.39.